The van der Waals surface area contributed by atoms with E-state index in [4.69, 9.17) is 5.11 Å². The molecule has 0 aliphatic carbocycles. The van der Waals surface area contributed by atoms with E-state index in [1.807, 2.05) is 17.5 Å². The second-order valence-corrected chi connectivity index (χ2v) is 5.71. The zero-order chi connectivity index (χ0) is 15.4. The van der Waals surface area contributed by atoms with Gasteiger partial charge in [0.15, 0.2) is 0 Å². The van der Waals surface area contributed by atoms with Crippen molar-refractivity contribution in [3.8, 4) is 0 Å². The largest absolute Gasteiger partial charge is 0.478 e. The molecule has 2 N–H and O–H groups in total. The SMILES string of the molecule is CC(Cc1cccs1)C(=O)Nc1cc(C(=O)O)ccc1F. The summed E-state index contributed by atoms with van der Waals surface area (Å²) in [6.45, 7) is 1.74. The number of hydrogen-bond acceptors (Lipinski definition) is 3. The summed E-state index contributed by atoms with van der Waals surface area (Å²) in [5.74, 6) is -2.50. The van der Waals surface area contributed by atoms with Crippen molar-refractivity contribution >= 4 is 28.9 Å². The number of rotatable bonds is 5. The Kier molecular flexibility index (Phi) is 4.70. The highest BCUT2D eigenvalue weighted by Crippen LogP contribution is 2.19. The van der Waals surface area contributed by atoms with Crippen LogP contribution in [0.4, 0.5) is 10.1 Å². The fourth-order valence-electron chi connectivity index (χ4n) is 1.83. The minimum Gasteiger partial charge on any atom is -0.478 e. The van der Waals surface area contributed by atoms with E-state index in [1.54, 1.807) is 18.3 Å². The van der Waals surface area contributed by atoms with Crippen molar-refractivity contribution in [3.05, 3.63) is 52.0 Å². The molecule has 2 aromatic rings. The van der Waals surface area contributed by atoms with Gasteiger partial charge in [-0.3, -0.25) is 4.79 Å². The average molecular weight is 307 g/mol. The van der Waals surface area contributed by atoms with Crippen LogP contribution in [-0.4, -0.2) is 17.0 Å². The number of carbonyl (C=O) groups is 2. The van der Waals surface area contributed by atoms with Crippen LogP contribution in [-0.2, 0) is 11.2 Å². The third-order valence-corrected chi connectivity index (χ3v) is 3.90. The molecule has 2 rings (SSSR count). The van der Waals surface area contributed by atoms with Crippen LogP contribution in [0.5, 0.6) is 0 Å². The number of amides is 1. The molecule has 1 heterocycles. The molecule has 0 spiro atoms. The topological polar surface area (TPSA) is 66.4 Å². The number of aromatic carboxylic acids is 1. The standard InChI is InChI=1S/C15H14FNO3S/c1-9(7-11-3-2-6-21-11)14(18)17-13-8-10(15(19)20)4-5-12(13)16/h2-6,8-9H,7H2,1H3,(H,17,18)(H,19,20). The Bertz CT molecular complexity index is 655. The maximum Gasteiger partial charge on any atom is 0.335 e. The average Bonchev–Trinajstić information content (AvgIpc) is 2.93. The summed E-state index contributed by atoms with van der Waals surface area (Å²) in [5.41, 5.74) is -0.185. The Hall–Kier alpha value is -2.21. The quantitative estimate of drug-likeness (QED) is 0.889. The first kappa shape index (κ1) is 15.2. The molecule has 4 nitrogen and oxygen atoms in total. The molecule has 0 bridgehead atoms. The smallest absolute Gasteiger partial charge is 0.335 e. The number of halogens is 1. The summed E-state index contributed by atoms with van der Waals surface area (Å²) in [6.07, 6.45) is 0.559. The van der Waals surface area contributed by atoms with Gasteiger partial charge in [-0.1, -0.05) is 13.0 Å². The lowest BCUT2D eigenvalue weighted by atomic mass is 10.1. The Morgan fingerprint density at radius 2 is 2.14 bits per heavy atom. The number of thiophene rings is 1. The van der Waals surface area contributed by atoms with E-state index in [-0.39, 0.29) is 23.1 Å². The molecule has 0 saturated heterocycles. The summed E-state index contributed by atoms with van der Waals surface area (Å²) in [7, 11) is 0. The van der Waals surface area contributed by atoms with Crippen LogP contribution in [0.15, 0.2) is 35.7 Å². The normalized spacial score (nSPS) is 11.9. The van der Waals surface area contributed by atoms with Gasteiger partial charge >= 0.3 is 5.97 Å². The van der Waals surface area contributed by atoms with Gasteiger partial charge < -0.3 is 10.4 Å². The molecule has 1 unspecified atom stereocenters. The van der Waals surface area contributed by atoms with Gasteiger partial charge in [0.1, 0.15) is 5.82 Å². The Balaban J connectivity index is 2.08. The summed E-state index contributed by atoms with van der Waals surface area (Å²) < 4.78 is 13.6. The molecule has 0 radical (unpaired) electrons. The van der Waals surface area contributed by atoms with E-state index in [2.05, 4.69) is 5.32 Å². The zero-order valence-electron chi connectivity index (χ0n) is 11.3. The maximum atomic E-state index is 13.6. The zero-order valence-corrected chi connectivity index (χ0v) is 12.1. The summed E-state index contributed by atoms with van der Waals surface area (Å²) >= 11 is 1.55. The predicted octanol–water partition coefficient (Wildman–Crippen LogP) is 3.40. The molecule has 21 heavy (non-hydrogen) atoms. The van der Waals surface area contributed by atoms with Gasteiger partial charge in [0.05, 0.1) is 11.3 Å². The van der Waals surface area contributed by atoms with Crippen molar-refractivity contribution in [1.29, 1.82) is 0 Å². The van der Waals surface area contributed by atoms with E-state index in [9.17, 15) is 14.0 Å². The highest BCUT2D eigenvalue weighted by atomic mass is 32.1. The van der Waals surface area contributed by atoms with Crippen molar-refractivity contribution in [2.75, 3.05) is 5.32 Å². The number of carboxylic acids is 1. The van der Waals surface area contributed by atoms with Gasteiger partial charge in [0, 0.05) is 10.8 Å². The predicted molar refractivity (Wildman–Crippen MR) is 79.2 cm³/mol. The molecule has 110 valence electrons. The summed E-state index contributed by atoms with van der Waals surface area (Å²) in [5, 5.41) is 13.3. The van der Waals surface area contributed by atoms with Crippen LogP contribution in [0.1, 0.15) is 22.2 Å². The van der Waals surface area contributed by atoms with Crippen LogP contribution >= 0.6 is 11.3 Å². The first-order valence-corrected chi connectivity index (χ1v) is 7.21. The second kappa shape index (κ2) is 6.49. The second-order valence-electron chi connectivity index (χ2n) is 4.67. The van der Waals surface area contributed by atoms with Gasteiger partial charge in [-0.05, 0) is 36.1 Å². The molecular formula is C15H14FNO3S. The number of benzene rings is 1. The fraction of sp³-hybridized carbons (Fsp3) is 0.200. The number of anilines is 1. The van der Waals surface area contributed by atoms with Gasteiger partial charge in [-0.2, -0.15) is 0 Å². The molecular weight excluding hydrogens is 293 g/mol. The van der Waals surface area contributed by atoms with Crippen molar-refractivity contribution in [2.45, 2.75) is 13.3 Å². The molecule has 0 fully saturated rings. The molecule has 1 aromatic carbocycles. The molecule has 0 aliphatic heterocycles. The van der Waals surface area contributed by atoms with Gasteiger partial charge in [-0.25, -0.2) is 9.18 Å². The van der Waals surface area contributed by atoms with Crippen molar-refractivity contribution in [2.24, 2.45) is 5.92 Å². The van der Waals surface area contributed by atoms with E-state index >= 15 is 0 Å². The monoisotopic (exact) mass is 307 g/mol. The van der Waals surface area contributed by atoms with Gasteiger partial charge in [0.2, 0.25) is 5.91 Å². The number of carboxylic acid groups (broad SMARTS) is 1. The minimum absolute atomic E-state index is 0.0717. The fourth-order valence-corrected chi connectivity index (χ4v) is 2.67. The number of nitrogens with one attached hydrogen (secondary N) is 1. The van der Waals surface area contributed by atoms with Crippen molar-refractivity contribution in [1.82, 2.24) is 0 Å². The lowest BCUT2D eigenvalue weighted by molar-refractivity contribution is -0.119. The van der Waals surface area contributed by atoms with Gasteiger partial charge in [-0.15, -0.1) is 11.3 Å². The molecule has 0 saturated carbocycles. The van der Waals surface area contributed by atoms with Gasteiger partial charge in [0.25, 0.3) is 0 Å². The van der Waals surface area contributed by atoms with Crippen LogP contribution in [0.3, 0.4) is 0 Å². The van der Waals surface area contributed by atoms with E-state index in [1.165, 1.54) is 0 Å². The molecule has 0 aliphatic rings. The first-order valence-electron chi connectivity index (χ1n) is 6.33. The van der Waals surface area contributed by atoms with E-state index in [0.717, 1.165) is 23.1 Å². The van der Waals surface area contributed by atoms with E-state index < -0.39 is 11.8 Å². The highest BCUT2D eigenvalue weighted by molar-refractivity contribution is 7.09. The van der Waals surface area contributed by atoms with Crippen LogP contribution in [0, 0.1) is 11.7 Å². The molecule has 1 atom stereocenters. The van der Waals surface area contributed by atoms with Crippen molar-refractivity contribution in [3.63, 3.8) is 0 Å². The van der Waals surface area contributed by atoms with Crippen LogP contribution in [0.25, 0.3) is 0 Å². The lowest BCUT2D eigenvalue weighted by Gasteiger charge is -2.12. The van der Waals surface area contributed by atoms with E-state index in [0.29, 0.717) is 6.42 Å². The highest BCUT2D eigenvalue weighted by Gasteiger charge is 2.17. The Morgan fingerprint density at radius 1 is 1.38 bits per heavy atom. The molecule has 6 heteroatoms. The lowest BCUT2D eigenvalue weighted by Crippen LogP contribution is -2.22. The number of hydrogen-bond donors (Lipinski definition) is 2. The summed E-state index contributed by atoms with van der Waals surface area (Å²) in [6, 6.07) is 7.14. The third kappa shape index (κ3) is 3.88. The Labute approximate surface area is 125 Å². The maximum absolute atomic E-state index is 13.6. The first-order chi connectivity index (χ1) is 9.97. The minimum atomic E-state index is -1.17. The number of carbonyl (C=O) groups excluding carboxylic acids is 1. The molecule has 1 amide bonds. The molecule has 1 aromatic heterocycles. The van der Waals surface area contributed by atoms with Crippen molar-refractivity contribution < 1.29 is 19.1 Å². The van der Waals surface area contributed by atoms with Crippen LogP contribution in [0.2, 0.25) is 0 Å². The third-order valence-electron chi connectivity index (χ3n) is 3.01. The Morgan fingerprint density at radius 3 is 2.76 bits per heavy atom. The van der Waals surface area contributed by atoms with Crippen LogP contribution < -0.4 is 5.32 Å². The summed E-state index contributed by atoms with van der Waals surface area (Å²) in [4.78, 5) is 24.0.